The maximum atomic E-state index is 12.3. The Balaban J connectivity index is 1.59. The number of hydrogen-bond acceptors (Lipinski definition) is 20. The number of nitrogens with two attached hydrogens (primary N) is 1. The van der Waals surface area contributed by atoms with Gasteiger partial charge >= 0.3 is 0 Å². The number of amides is 3. The highest BCUT2D eigenvalue weighted by Crippen LogP contribution is 2.34. The van der Waals surface area contributed by atoms with Crippen LogP contribution in [0.15, 0.2) is 0 Å². The quantitative estimate of drug-likeness (QED) is 0.0824. The predicted octanol–water partition coefficient (Wildman–Crippen LogP) is -8.28. The van der Waals surface area contributed by atoms with Gasteiger partial charge in [-0.15, -0.1) is 0 Å². The first kappa shape index (κ1) is 44.4. The molecule has 23 nitrogen and oxygen atoms in total. The van der Waals surface area contributed by atoms with Crippen LogP contribution in [-0.2, 0) is 47.5 Å². The van der Waals surface area contributed by atoms with Gasteiger partial charge in [-0.25, -0.2) is 0 Å². The van der Waals surface area contributed by atoms with Crippen LogP contribution < -0.4 is 21.7 Å². The zero-order valence-electron chi connectivity index (χ0n) is 30.1. The third kappa shape index (κ3) is 9.81. The van der Waals surface area contributed by atoms with Gasteiger partial charge in [-0.05, 0) is 6.92 Å². The van der Waals surface area contributed by atoms with Crippen LogP contribution in [0.5, 0.6) is 0 Å². The predicted molar refractivity (Wildman–Crippen MR) is 174 cm³/mol. The number of nitrogens with one attached hydrogen (secondary N) is 3. The van der Waals surface area contributed by atoms with E-state index in [0.29, 0.717) is 0 Å². The molecule has 4 heterocycles. The smallest absolute Gasteiger partial charge is 0.217 e. The summed E-state index contributed by atoms with van der Waals surface area (Å²) in [4.78, 5) is 36.5. The highest BCUT2D eigenvalue weighted by Gasteiger charge is 2.55. The molecule has 4 aliphatic heterocycles. The van der Waals surface area contributed by atoms with Crippen LogP contribution in [0.3, 0.4) is 0 Å². The van der Waals surface area contributed by atoms with Gasteiger partial charge in [0.1, 0.15) is 85.3 Å². The topological polar surface area (TPSA) is 360 Å². The summed E-state index contributed by atoms with van der Waals surface area (Å²) in [6.45, 7) is 1.90. The van der Waals surface area contributed by atoms with E-state index in [-0.39, 0.29) is 0 Å². The summed E-state index contributed by atoms with van der Waals surface area (Å²) in [5.74, 6) is -1.89. The molecule has 0 spiro atoms. The molecule has 4 fully saturated rings. The average Bonchev–Trinajstić information content (AvgIpc) is 3.12. The molecule has 54 heavy (non-hydrogen) atoms. The highest BCUT2D eigenvalue weighted by atomic mass is 16.8. The van der Waals surface area contributed by atoms with Crippen LogP contribution in [0.2, 0.25) is 0 Å². The summed E-state index contributed by atoms with van der Waals surface area (Å²) in [7, 11) is 0. The summed E-state index contributed by atoms with van der Waals surface area (Å²) in [6.07, 6.45) is -24.1. The van der Waals surface area contributed by atoms with E-state index in [0.717, 1.165) is 13.8 Å². The van der Waals surface area contributed by atoms with Crippen molar-refractivity contribution in [3.63, 3.8) is 0 Å². The van der Waals surface area contributed by atoms with Gasteiger partial charge in [-0.2, -0.15) is 0 Å². The van der Waals surface area contributed by atoms with Crippen LogP contribution in [0.4, 0.5) is 0 Å². The maximum Gasteiger partial charge on any atom is 0.217 e. The lowest BCUT2D eigenvalue weighted by molar-refractivity contribution is -0.358. The Labute approximate surface area is 309 Å². The van der Waals surface area contributed by atoms with Crippen LogP contribution in [0, 0.1) is 0 Å². The van der Waals surface area contributed by atoms with Crippen molar-refractivity contribution in [1.82, 2.24) is 16.0 Å². The minimum Gasteiger partial charge on any atom is -0.394 e. The molecule has 0 bridgehead atoms. The Bertz CT molecular complexity index is 1250. The summed E-state index contributed by atoms with van der Waals surface area (Å²) in [5.41, 5.74) is 5.99. The second-order valence-electron chi connectivity index (χ2n) is 13.8. The van der Waals surface area contributed by atoms with Gasteiger partial charge in [-0.1, -0.05) is 0 Å². The van der Waals surface area contributed by atoms with Gasteiger partial charge in [0.25, 0.3) is 0 Å². The van der Waals surface area contributed by atoms with Crippen molar-refractivity contribution in [3.8, 4) is 0 Å². The SMILES string of the molecule is CC(=O)N[C@H]1C(OC2C(O)[C@@H](NC(C)=O)[C@@H](C)O[C@H]2CO)O[C@H](CO)C(O[C@@H]2O[C@@H](CO)C(OC3O[C@H](CO)C(O)C(O)[C@H]3N)C(O)[C@H]2NC(C)=O)C1O. The summed E-state index contributed by atoms with van der Waals surface area (Å²) in [5, 5.41) is 103. The van der Waals surface area contributed by atoms with E-state index in [2.05, 4.69) is 16.0 Å². The van der Waals surface area contributed by atoms with Crippen molar-refractivity contribution in [2.24, 2.45) is 5.73 Å². The zero-order chi connectivity index (χ0) is 40.2. The molecule has 20 atom stereocenters. The number of carbonyl (C=O) groups excluding carboxylic acids is 3. The molecule has 23 heteroatoms. The molecular formula is C31H54N4O19. The molecule has 4 saturated heterocycles. The van der Waals surface area contributed by atoms with Crippen molar-refractivity contribution in [2.45, 2.75) is 150 Å². The number of carbonyl (C=O) groups is 3. The molecule has 0 radical (unpaired) electrons. The van der Waals surface area contributed by atoms with Gasteiger partial charge in [-0.3, -0.25) is 14.4 Å². The van der Waals surface area contributed by atoms with Crippen LogP contribution >= 0.6 is 0 Å². The third-order valence-corrected chi connectivity index (χ3v) is 9.76. The number of hydrogen-bond donors (Lipinski definition) is 13. The number of aliphatic hydroxyl groups excluding tert-OH is 9. The molecule has 4 rings (SSSR count). The molecule has 312 valence electrons. The first-order valence-electron chi connectivity index (χ1n) is 17.5. The van der Waals surface area contributed by atoms with E-state index in [4.69, 9.17) is 38.9 Å². The first-order chi connectivity index (χ1) is 25.5. The molecule has 4 aliphatic rings. The van der Waals surface area contributed by atoms with Gasteiger partial charge in [0.2, 0.25) is 17.7 Å². The molecule has 10 unspecified atom stereocenters. The molecule has 3 amide bonds. The van der Waals surface area contributed by atoms with Crippen molar-refractivity contribution in [2.75, 3.05) is 26.4 Å². The number of aliphatic hydroxyl groups is 9. The Hall–Kier alpha value is -2.27. The highest BCUT2D eigenvalue weighted by molar-refractivity contribution is 5.74. The first-order valence-corrected chi connectivity index (χ1v) is 17.5. The lowest BCUT2D eigenvalue weighted by Gasteiger charge is -2.50. The van der Waals surface area contributed by atoms with E-state index in [1.165, 1.54) is 6.92 Å². The van der Waals surface area contributed by atoms with E-state index in [1.54, 1.807) is 6.92 Å². The van der Waals surface area contributed by atoms with Crippen molar-refractivity contribution < 1.29 is 93.5 Å². The fourth-order valence-electron chi connectivity index (χ4n) is 7.06. The standard InChI is InChI=1S/C31H54N4O19/c1-9-18(33-10(2)40)23(45)26(14(6-37)48-9)53-30-20(35-12(4)42)25(47)28(16(8-39)51-30)54-31-19(34-11(3)41)24(46)27(15(7-38)50-31)52-29-17(32)22(44)21(43)13(5-36)49-29/h9,13-31,36-39,43-47H,5-8,32H2,1-4H3,(H,33,40)(H,34,41)(H,35,42)/t9-,13-,14+,15+,16-,17-,18+,19-,20-,21?,22?,23?,24?,25?,26?,27?,28?,29?,30?,31+/m1/s1. The number of rotatable bonds is 13. The fourth-order valence-corrected chi connectivity index (χ4v) is 7.06. The van der Waals surface area contributed by atoms with Crippen molar-refractivity contribution >= 4 is 17.7 Å². The van der Waals surface area contributed by atoms with E-state index in [9.17, 15) is 60.3 Å². The molecule has 0 aliphatic carbocycles. The largest absolute Gasteiger partial charge is 0.394 e. The lowest BCUT2D eigenvalue weighted by Crippen LogP contribution is -2.71. The summed E-state index contributed by atoms with van der Waals surface area (Å²) in [6, 6.07) is -5.46. The molecule has 14 N–H and O–H groups in total. The van der Waals surface area contributed by atoms with E-state index < -0.39 is 167 Å². The Kier molecular flexibility index (Phi) is 15.8. The second-order valence-corrected chi connectivity index (χ2v) is 13.8. The Morgan fingerprint density at radius 3 is 1.24 bits per heavy atom. The van der Waals surface area contributed by atoms with Crippen molar-refractivity contribution in [1.29, 1.82) is 0 Å². The van der Waals surface area contributed by atoms with E-state index in [1.807, 2.05) is 0 Å². The van der Waals surface area contributed by atoms with Gasteiger partial charge < -0.3 is 101 Å². The number of ether oxygens (including phenoxy) is 7. The maximum absolute atomic E-state index is 12.3. The molecule has 0 aromatic rings. The zero-order valence-corrected chi connectivity index (χ0v) is 30.1. The minimum atomic E-state index is -1.82. The molecule has 0 saturated carbocycles. The Morgan fingerprint density at radius 2 is 0.852 bits per heavy atom. The van der Waals surface area contributed by atoms with Crippen molar-refractivity contribution in [3.05, 3.63) is 0 Å². The summed E-state index contributed by atoms with van der Waals surface area (Å²) >= 11 is 0. The Morgan fingerprint density at radius 1 is 0.519 bits per heavy atom. The average molecular weight is 787 g/mol. The second kappa shape index (κ2) is 19.3. The monoisotopic (exact) mass is 786 g/mol. The molecule has 0 aromatic carbocycles. The summed E-state index contributed by atoms with van der Waals surface area (Å²) < 4.78 is 41.0. The van der Waals surface area contributed by atoms with Gasteiger partial charge in [0, 0.05) is 20.8 Å². The van der Waals surface area contributed by atoms with E-state index >= 15 is 0 Å². The molecule has 0 aromatic heterocycles. The van der Waals surface area contributed by atoms with Crippen LogP contribution in [0.1, 0.15) is 27.7 Å². The lowest BCUT2D eigenvalue weighted by atomic mass is 9.92. The fraction of sp³-hybridized carbons (Fsp3) is 0.903. The normalized spacial score (nSPS) is 45.7. The van der Waals surface area contributed by atoms with Gasteiger partial charge in [0.15, 0.2) is 18.9 Å². The molecular weight excluding hydrogens is 732 g/mol. The van der Waals surface area contributed by atoms with Crippen LogP contribution in [0.25, 0.3) is 0 Å². The van der Waals surface area contributed by atoms with Crippen LogP contribution in [-0.4, -0.2) is 212 Å². The minimum absolute atomic E-state index is 0.495. The van der Waals surface area contributed by atoms with Gasteiger partial charge in [0.05, 0.1) is 44.6 Å². The third-order valence-electron chi connectivity index (χ3n) is 9.76.